The number of halogens is 3. The summed E-state index contributed by atoms with van der Waals surface area (Å²) in [7, 11) is 1.23. The fourth-order valence-corrected chi connectivity index (χ4v) is 2.76. The van der Waals surface area contributed by atoms with E-state index in [0.29, 0.717) is 35.2 Å². The Labute approximate surface area is 148 Å². The molecule has 0 unspecified atom stereocenters. The molecule has 2 rings (SSSR count). The van der Waals surface area contributed by atoms with E-state index in [1.807, 2.05) is 0 Å². The molecule has 0 amide bonds. The van der Waals surface area contributed by atoms with Crippen molar-refractivity contribution in [3.05, 3.63) is 56.8 Å². The van der Waals surface area contributed by atoms with E-state index in [0.717, 1.165) is 0 Å². The molecule has 1 aromatic rings. The van der Waals surface area contributed by atoms with Crippen LogP contribution in [0.2, 0.25) is 10.0 Å². The molecule has 0 spiro atoms. The van der Waals surface area contributed by atoms with E-state index < -0.39 is 11.8 Å². The fourth-order valence-electron chi connectivity index (χ4n) is 2.27. The van der Waals surface area contributed by atoms with E-state index in [2.05, 4.69) is 10.1 Å². The Morgan fingerprint density at radius 2 is 2.21 bits per heavy atom. The van der Waals surface area contributed by atoms with E-state index in [4.69, 9.17) is 34.7 Å². The van der Waals surface area contributed by atoms with Crippen molar-refractivity contribution in [2.24, 2.45) is 11.5 Å². The maximum Gasteiger partial charge on any atom is 0.353 e. The number of benzene rings is 1. The molecule has 0 saturated carbocycles. The highest BCUT2D eigenvalue weighted by atomic mass is 35.5. The standard InChI is InChI=1S/C15H17Cl2FN4O2/c1-24-15(23)11(19)6-12-14(20)21-4-5-22(12)7-8-9(16)2-3-10(18)13(8)17/h2-3,6,21H,4-5,7,19-20H2,1H3. The van der Waals surface area contributed by atoms with Gasteiger partial charge >= 0.3 is 5.97 Å². The molecule has 6 nitrogen and oxygen atoms in total. The average molecular weight is 375 g/mol. The van der Waals surface area contributed by atoms with E-state index in [9.17, 15) is 9.18 Å². The van der Waals surface area contributed by atoms with Gasteiger partial charge in [0, 0.05) is 30.2 Å². The molecule has 1 aliphatic heterocycles. The van der Waals surface area contributed by atoms with Gasteiger partial charge in [-0.2, -0.15) is 0 Å². The van der Waals surface area contributed by atoms with Crippen molar-refractivity contribution >= 4 is 29.2 Å². The number of nitrogens with two attached hydrogens (primary N) is 2. The smallest absolute Gasteiger partial charge is 0.353 e. The number of ether oxygens (including phenoxy) is 1. The molecule has 0 bridgehead atoms. The molecule has 24 heavy (non-hydrogen) atoms. The number of nitrogens with zero attached hydrogens (tertiary/aromatic N) is 1. The van der Waals surface area contributed by atoms with E-state index in [1.54, 1.807) is 4.90 Å². The Morgan fingerprint density at radius 1 is 1.50 bits per heavy atom. The van der Waals surface area contributed by atoms with Crippen LogP contribution in [0.15, 0.2) is 35.4 Å². The zero-order valence-corrected chi connectivity index (χ0v) is 14.4. The minimum Gasteiger partial charge on any atom is -0.464 e. The number of carbonyl (C=O) groups excluding carboxylic acids is 1. The van der Waals surface area contributed by atoms with Gasteiger partial charge in [-0.05, 0) is 18.2 Å². The number of allylic oxidation sites excluding steroid dienone is 1. The van der Waals surface area contributed by atoms with Crippen molar-refractivity contribution in [3.63, 3.8) is 0 Å². The summed E-state index contributed by atoms with van der Waals surface area (Å²) in [5, 5.41) is 3.26. The van der Waals surface area contributed by atoms with Crippen molar-refractivity contribution in [1.29, 1.82) is 0 Å². The van der Waals surface area contributed by atoms with Crippen LogP contribution in [0, 0.1) is 5.82 Å². The molecule has 0 radical (unpaired) electrons. The predicted octanol–water partition coefficient (Wildman–Crippen LogP) is 1.68. The van der Waals surface area contributed by atoms with Crippen LogP contribution in [0.1, 0.15) is 5.56 Å². The second-order valence-corrected chi connectivity index (χ2v) is 5.85. The van der Waals surface area contributed by atoms with Gasteiger partial charge in [-0.3, -0.25) is 0 Å². The number of methoxy groups -OCH3 is 1. The minimum atomic E-state index is -0.678. The molecular weight excluding hydrogens is 358 g/mol. The summed E-state index contributed by atoms with van der Waals surface area (Å²) in [6, 6.07) is 2.64. The van der Waals surface area contributed by atoms with Gasteiger partial charge in [0.15, 0.2) is 0 Å². The maximum atomic E-state index is 13.7. The maximum absolute atomic E-state index is 13.7. The third-order valence-electron chi connectivity index (χ3n) is 3.52. The van der Waals surface area contributed by atoms with Crippen LogP contribution in [0.25, 0.3) is 0 Å². The predicted molar refractivity (Wildman–Crippen MR) is 90.3 cm³/mol. The lowest BCUT2D eigenvalue weighted by Gasteiger charge is -2.32. The average Bonchev–Trinajstić information content (AvgIpc) is 2.57. The molecule has 130 valence electrons. The minimum absolute atomic E-state index is 0.0520. The number of hydrogen-bond acceptors (Lipinski definition) is 6. The molecular formula is C15H17Cl2FN4O2. The first-order valence-corrected chi connectivity index (χ1v) is 7.77. The van der Waals surface area contributed by atoms with E-state index >= 15 is 0 Å². The Morgan fingerprint density at radius 3 is 2.88 bits per heavy atom. The zero-order valence-electron chi connectivity index (χ0n) is 12.9. The topological polar surface area (TPSA) is 93.6 Å². The van der Waals surface area contributed by atoms with Crippen LogP contribution in [-0.4, -0.2) is 31.1 Å². The summed E-state index contributed by atoms with van der Waals surface area (Å²) >= 11 is 12.1. The molecule has 1 aliphatic rings. The van der Waals surface area contributed by atoms with Gasteiger partial charge in [0.05, 0.1) is 17.8 Å². The highest BCUT2D eigenvalue weighted by Crippen LogP contribution is 2.30. The lowest BCUT2D eigenvalue weighted by molar-refractivity contribution is -0.136. The molecule has 9 heteroatoms. The number of rotatable bonds is 4. The second kappa shape index (κ2) is 7.63. The summed E-state index contributed by atoms with van der Waals surface area (Å²) < 4.78 is 18.3. The first-order valence-electron chi connectivity index (χ1n) is 7.01. The molecule has 0 saturated heterocycles. The van der Waals surface area contributed by atoms with Gasteiger partial charge < -0.3 is 26.4 Å². The van der Waals surface area contributed by atoms with Crippen LogP contribution < -0.4 is 16.8 Å². The van der Waals surface area contributed by atoms with Gasteiger partial charge in [-0.25, -0.2) is 9.18 Å². The van der Waals surface area contributed by atoms with Crippen LogP contribution in [0.5, 0.6) is 0 Å². The zero-order chi connectivity index (χ0) is 17.9. The van der Waals surface area contributed by atoms with E-state index in [-0.39, 0.29) is 17.3 Å². The molecule has 0 fully saturated rings. The monoisotopic (exact) mass is 374 g/mol. The largest absolute Gasteiger partial charge is 0.464 e. The van der Waals surface area contributed by atoms with Gasteiger partial charge in [0.1, 0.15) is 17.3 Å². The second-order valence-electron chi connectivity index (χ2n) is 5.06. The highest BCUT2D eigenvalue weighted by molar-refractivity contribution is 6.36. The summed E-state index contributed by atoms with van der Waals surface area (Å²) in [6.07, 6.45) is 1.40. The van der Waals surface area contributed by atoms with Crippen molar-refractivity contribution in [2.75, 3.05) is 20.2 Å². The number of nitrogens with one attached hydrogen (secondary N) is 1. The third kappa shape index (κ3) is 3.85. The number of esters is 1. The first-order chi connectivity index (χ1) is 11.3. The Kier molecular flexibility index (Phi) is 5.80. The van der Waals surface area contributed by atoms with Crippen molar-refractivity contribution in [3.8, 4) is 0 Å². The normalized spacial score (nSPS) is 15.3. The summed E-state index contributed by atoms with van der Waals surface area (Å²) in [5.74, 6) is -0.909. The first kappa shape index (κ1) is 18.2. The Bertz CT molecular complexity index is 722. The molecule has 1 aromatic carbocycles. The third-order valence-corrected chi connectivity index (χ3v) is 4.28. The molecule has 0 aromatic heterocycles. The lowest BCUT2D eigenvalue weighted by Crippen LogP contribution is -2.41. The number of hydrogen-bond donors (Lipinski definition) is 3. The van der Waals surface area contributed by atoms with Crippen LogP contribution in [0.4, 0.5) is 4.39 Å². The molecule has 0 atom stereocenters. The van der Waals surface area contributed by atoms with Crippen LogP contribution in [-0.2, 0) is 16.1 Å². The molecule has 5 N–H and O–H groups in total. The summed E-state index contributed by atoms with van der Waals surface area (Å²) in [6.45, 7) is 1.30. The van der Waals surface area contributed by atoms with Gasteiger partial charge in [0.2, 0.25) is 0 Å². The molecule has 0 aliphatic carbocycles. The summed E-state index contributed by atoms with van der Waals surface area (Å²) in [5.41, 5.74) is 12.4. The molecule has 1 heterocycles. The Balaban J connectivity index is 2.37. The van der Waals surface area contributed by atoms with Gasteiger partial charge in [-0.15, -0.1) is 0 Å². The van der Waals surface area contributed by atoms with Crippen molar-refractivity contribution < 1.29 is 13.9 Å². The quantitative estimate of drug-likeness (QED) is 0.421. The highest BCUT2D eigenvalue weighted by Gasteiger charge is 2.21. The van der Waals surface area contributed by atoms with E-state index in [1.165, 1.54) is 25.3 Å². The van der Waals surface area contributed by atoms with Gasteiger partial charge in [-0.1, -0.05) is 23.2 Å². The van der Waals surface area contributed by atoms with Crippen LogP contribution >= 0.6 is 23.2 Å². The number of carbonyl (C=O) groups is 1. The van der Waals surface area contributed by atoms with Gasteiger partial charge in [0.25, 0.3) is 0 Å². The SMILES string of the molecule is COC(=O)C(N)=CC1=C(N)NCCN1Cc1c(Cl)ccc(F)c1Cl. The van der Waals surface area contributed by atoms with Crippen LogP contribution in [0.3, 0.4) is 0 Å². The fraction of sp³-hybridized carbons (Fsp3) is 0.267. The van der Waals surface area contributed by atoms with Crippen molar-refractivity contribution in [2.45, 2.75) is 6.54 Å². The lowest BCUT2D eigenvalue weighted by atomic mass is 10.1. The summed E-state index contributed by atoms with van der Waals surface area (Å²) in [4.78, 5) is 13.3. The van der Waals surface area contributed by atoms with Crippen molar-refractivity contribution in [1.82, 2.24) is 10.2 Å². The Hall–Kier alpha value is -2.12.